The highest BCUT2D eigenvalue weighted by Gasteiger charge is 2.12. The van der Waals surface area contributed by atoms with E-state index in [1.54, 1.807) is 13.3 Å². The summed E-state index contributed by atoms with van der Waals surface area (Å²) in [6, 6.07) is 5.88. The molecule has 0 fully saturated rings. The van der Waals surface area contributed by atoms with Gasteiger partial charge in [0.15, 0.2) is 6.29 Å². The SMILES string of the molecule is COc1ccc(C)cc1-c1sncc1C=O. The third kappa shape index (κ3) is 1.84. The smallest absolute Gasteiger partial charge is 0.153 e. The van der Waals surface area contributed by atoms with E-state index in [1.807, 2.05) is 25.1 Å². The highest BCUT2D eigenvalue weighted by atomic mass is 32.1. The van der Waals surface area contributed by atoms with Gasteiger partial charge in [-0.15, -0.1) is 0 Å². The number of ether oxygens (including phenoxy) is 1. The van der Waals surface area contributed by atoms with E-state index < -0.39 is 0 Å². The van der Waals surface area contributed by atoms with Gasteiger partial charge in [-0.2, -0.15) is 4.37 Å². The minimum atomic E-state index is 0.605. The average Bonchev–Trinajstić information content (AvgIpc) is 2.76. The van der Waals surface area contributed by atoms with E-state index in [9.17, 15) is 4.79 Å². The maximum absolute atomic E-state index is 10.9. The fourth-order valence-corrected chi connectivity index (χ4v) is 2.27. The van der Waals surface area contributed by atoms with Gasteiger partial charge in [0.1, 0.15) is 5.75 Å². The molecule has 0 bridgehead atoms. The summed E-state index contributed by atoms with van der Waals surface area (Å²) in [6.45, 7) is 2.00. The first-order valence-electron chi connectivity index (χ1n) is 4.81. The van der Waals surface area contributed by atoms with Gasteiger partial charge < -0.3 is 4.74 Å². The van der Waals surface area contributed by atoms with Crippen molar-refractivity contribution in [2.45, 2.75) is 6.92 Å². The van der Waals surface area contributed by atoms with Crippen molar-refractivity contribution in [2.75, 3.05) is 7.11 Å². The molecular weight excluding hydrogens is 222 g/mol. The lowest BCUT2D eigenvalue weighted by molar-refractivity contribution is 0.112. The predicted molar refractivity (Wildman–Crippen MR) is 64.2 cm³/mol. The molecule has 1 aromatic heterocycles. The molecule has 0 saturated heterocycles. The van der Waals surface area contributed by atoms with Crippen LogP contribution in [-0.2, 0) is 0 Å². The summed E-state index contributed by atoms with van der Waals surface area (Å²) >= 11 is 1.30. The Balaban J connectivity index is 2.62. The Hall–Kier alpha value is -1.68. The molecule has 82 valence electrons. The standard InChI is InChI=1S/C12H11NO2S/c1-8-3-4-11(15-2)10(5-8)12-9(7-14)6-13-16-12/h3-7H,1-2H3. The summed E-state index contributed by atoms with van der Waals surface area (Å²) in [6.07, 6.45) is 2.40. The monoisotopic (exact) mass is 233 g/mol. The van der Waals surface area contributed by atoms with Crippen LogP contribution in [-0.4, -0.2) is 17.8 Å². The number of carbonyl (C=O) groups is 1. The van der Waals surface area contributed by atoms with Crippen LogP contribution >= 0.6 is 11.5 Å². The molecule has 16 heavy (non-hydrogen) atoms. The molecule has 1 heterocycles. The number of aromatic nitrogens is 1. The number of benzene rings is 1. The first-order chi connectivity index (χ1) is 7.76. The Labute approximate surface area is 97.9 Å². The fraction of sp³-hybridized carbons (Fsp3) is 0.167. The van der Waals surface area contributed by atoms with Crippen molar-refractivity contribution in [1.29, 1.82) is 0 Å². The van der Waals surface area contributed by atoms with E-state index in [0.717, 1.165) is 28.0 Å². The molecule has 3 nitrogen and oxygen atoms in total. The number of carbonyl (C=O) groups excluding carboxylic acids is 1. The number of hydrogen-bond donors (Lipinski definition) is 0. The Morgan fingerprint density at radius 1 is 1.44 bits per heavy atom. The van der Waals surface area contributed by atoms with Crippen LogP contribution in [0.1, 0.15) is 15.9 Å². The van der Waals surface area contributed by atoms with Gasteiger partial charge in [-0.05, 0) is 30.6 Å². The summed E-state index contributed by atoms with van der Waals surface area (Å²) in [5, 5.41) is 0. The summed E-state index contributed by atoms with van der Waals surface area (Å²) in [5.74, 6) is 0.762. The molecule has 0 radical (unpaired) electrons. The van der Waals surface area contributed by atoms with Crippen molar-refractivity contribution in [3.8, 4) is 16.2 Å². The van der Waals surface area contributed by atoms with E-state index in [4.69, 9.17) is 4.74 Å². The van der Waals surface area contributed by atoms with E-state index in [2.05, 4.69) is 4.37 Å². The number of nitrogens with zero attached hydrogens (tertiary/aromatic N) is 1. The minimum Gasteiger partial charge on any atom is -0.496 e. The van der Waals surface area contributed by atoms with E-state index >= 15 is 0 Å². The van der Waals surface area contributed by atoms with E-state index in [0.29, 0.717) is 5.56 Å². The molecule has 0 aliphatic heterocycles. The van der Waals surface area contributed by atoms with Crippen molar-refractivity contribution >= 4 is 17.8 Å². The summed E-state index contributed by atoms with van der Waals surface area (Å²) < 4.78 is 9.32. The molecule has 0 unspecified atom stereocenters. The van der Waals surface area contributed by atoms with Gasteiger partial charge in [0, 0.05) is 5.56 Å². The third-order valence-electron chi connectivity index (χ3n) is 2.32. The topological polar surface area (TPSA) is 39.2 Å². The number of aldehydes is 1. The van der Waals surface area contributed by atoms with Crippen LogP contribution in [0.3, 0.4) is 0 Å². The molecule has 0 aliphatic rings. The molecule has 0 saturated carbocycles. The molecule has 0 spiro atoms. The van der Waals surface area contributed by atoms with Gasteiger partial charge in [-0.1, -0.05) is 11.6 Å². The summed E-state index contributed by atoms with van der Waals surface area (Å²) in [7, 11) is 1.62. The molecular formula is C12H11NO2S. The Bertz CT molecular complexity index is 519. The van der Waals surface area contributed by atoms with Crippen LogP contribution in [0.4, 0.5) is 0 Å². The Kier molecular flexibility index (Phi) is 3.01. The zero-order valence-corrected chi connectivity index (χ0v) is 9.88. The second-order valence-electron chi connectivity index (χ2n) is 3.43. The zero-order valence-electron chi connectivity index (χ0n) is 9.06. The highest BCUT2D eigenvalue weighted by molar-refractivity contribution is 7.10. The lowest BCUT2D eigenvalue weighted by Gasteiger charge is -2.07. The van der Waals surface area contributed by atoms with Crippen LogP contribution in [0.15, 0.2) is 24.4 Å². The highest BCUT2D eigenvalue weighted by Crippen LogP contribution is 2.35. The maximum Gasteiger partial charge on any atom is 0.153 e. The minimum absolute atomic E-state index is 0.605. The summed E-state index contributed by atoms with van der Waals surface area (Å²) in [5.41, 5.74) is 2.65. The van der Waals surface area contributed by atoms with Crippen molar-refractivity contribution in [3.05, 3.63) is 35.5 Å². The van der Waals surface area contributed by atoms with Crippen LogP contribution in [0.2, 0.25) is 0 Å². The van der Waals surface area contributed by atoms with Gasteiger partial charge in [-0.3, -0.25) is 4.79 Å². The third-order valence-corrected chi connectivity index (χ3v) is 3.17. The first kappa shape index (κ1) is 10.8. The lowest BCUT2D eigenvalue weighted by atomic mass is 10.1. The molecule has 0 amide bonds. The van der Waals surface area contributed by atoms with Crippen LogP contribution in [0.5, 0.6) is 5.75 Å². The van der Waals surface area contributed by atoms with Crippen molar-refractivity contribution in [2.24, 2.45) is 0 Å². The van der Waals surface area contributed by atoms with Gasteiger partial charge in [0.05, 0.1) is 23.7 Å². The van der Waals surface area contributed by atoms with E-state index in [-0.39, 0.29) is 0 Å². The average molecular weight is 233 g/mol. The van der Waals surface area contributed by atoms with Crippen molar-refractivity contribution in [1.82, 2.24) is 4.37 Å². The fourth-order valence-electron chi connectivity index (χ4n) is 1.54. The largest absolute Gasteiger partial charge is 0.496 e. The molecule has 2 aromatic rings. The molecule has 1 aromatic carbocycles. The quantitative estimate of drug-likeness (QED) is 0.765. The normalized spacial score (nSPS) is 10.1. The van der Waals surface area contributed by atoms with Crippen LogP contribution in [0, 0.1) is 6.92 Å². The summed E-state index contributed by atoms with van der Waals surface area (Å²) in [4.78, 5) is 11.7. The Morgan fingerprint density at radius 3 is 2.94 bits per heavy atom. The van der Waals surface area contributed by atoms with Gasteiger partial charge in [-0.25, -0.2) is 0 Å². The molecule has 2 rings (SSSR count). The number of hydrogen-bond acceptors (Lipinski definition) is 4. The van der Waals surface area contributed by atoms with E-state index in [1.165, 1.54) is 11.5 Å². The molecule has 4 heteroatoms. The Morgan fingerprint density at radius 2 is 2.25 bits per heavy atom. The second kappa shape index (κ2) is 4.45. The maximum atomic E-state index is 10.9. The molecule has 0 N–H and O–H groups in total. The second-order valence-corrected chi connectivity index (χ2v) is 4.23. The van der Waals surface area contributed by atoms with Gasteiger partial charge in [0.2, 0.25) is 0 Å². The van der Waals surface area contributed by atoms with Crippen LogP contribution in [0.25, 0.3) is 10.4 Å². The molecule has 0 aliphatic carbocycles. The number of aryl methyl sites for hydroxylation is 1. The number of methoxy groups -OCH3 is 1. The van der Waals surface area contributed by atoms with Crippen LogP contribution < -0.4 is 4.74 Å². The first-order valence-corrected chi connectivity index (χ1v) is 5.58. The molecule has 0 atom stereocenters. The van der Waals surface area contributed by atoms with Crippen molar-refractivity contribution in [3.63, 3.8) is 0 Å². The predicted octanol–water partition coefficient (Wildman–Crippen LogP) is 2.94. The van der Waals surface area contributed by atoms with Crippen molar-refractivity contribution < 1.29 is 9.53 Å². The number of rotatable bonds is 3. The zero-order chi connectivity index (χ0) is 11.5. The van der Waals surface area contributed by atoms with Gasteiger partial charge >= 0.3 is 0 Å². The lowest BCUT2D eigenvalue weighted by Crippen LogP contribution is -1.89. The van der Waals surface area contributed by atoms with Gasteiger partial charge in [0.25, 0.3) is 0 Å².